The van der Waals surface area contributed by atoms with E-state index in [-0.39, 0.29) is 5.76 Å². The number of fused-ring (bicyclic) bond motifs is 3. The Morgan fingerprint density at radius 3 is 2.47 bits per heavy atom. The van der Waals surface area contributed by atoms with Gasteiger partial charge in [-0.25, -0.2) is 4.79 Å². The highest BCUT2D eigenvalue weighted by Crippen LogP contribution is 2.32. The summed E-state index contributed by atoms with van der Waals surface area (Å²) in [5.41, 5.74) is 3.04. The molecular weight excluding hydrogens is 432 g/mol. The first-order chi connectivity index (χ1) is 16.5. The van der Waals surface area contributed by atoms with Crippen LogP contribution >= 0.6 is 0 Å². The minimum Gasteiger partial charge on any atom is -0.448 e. The standard InChI is InChI=1S/C27H26N2O5/c1-17-22-12-7-19-5-3-4-6-23(19)25(22)34-24(17)27(31)33-18(2)26(30)28-20-8-10-21(11-9-20)29-13-15-32-16-14-29/h3-12,18H,13-16H2,1-2H3,(H,28,30)/t18-/m0/s1. The van der Waals surface area contributed by atoms with Crippen LogP contribution in [0.25, 0.3) is 21.7 Å². The van der Waals surface area contributed by atoms with Gasteiger partial charge in [0.2, 0.25) is 5.76 Å². The number of nitrogens with zero attached hydrogens (tertiary/aromatic N) is 1. The van der Waals surface area contributed by atoms with Gasteiger partial charge >= 0.3 is 5.97 Å². The van der Waals surface area contributed by atoms with E-state index in [2.05, 4.69) is 10.2 Å². The summed E-state index contributed by atoms with van der Waals surface area (Å²) in [5.74, 6) is -0.962. The predicted octanol–water partition coefficient (Wildman–Crippen LogP) is 4.92. The van der Waals surface area contributed by atoms with Crippen LogP contribution < -0.4 is 10.2 Å². The predicted molar refractivity (Wildman–Crippen MR) is 131 cm³/mol. The van der Waals surface area contributed by atoms with Gasteiger partial charge in [-0.2, -0.15) is 0 Å². The van der Waals surface area contributed by atoms with Crippen molar-refractivity contribution in [3.05, 3.63) is 72.0 Å². The number of esters is 1. The maximum absolute atomic E-state index is 12.8. The van der Waals surface area contributed by atoms with Crippen LogP contribution in [0.4, 0.5) is 11.4 Å². The second-order valence-electron chi connectivity index (χ2n) is 8.40. The zero-order valence-corrected chi connectivity index (χ0v) is 19.2. The van der Waals surface area contributed by atoms with Crippen molar-refractivity contribution in [3.8, 4) is 0 Å². The first kappa shape index (κ1) is 22.0. The average Bonchev–Trinajstić information content (AvgIpc) is 3.22. The summed E-state index contributed by atoms with van der Waals surface area (Å²) in [4.78, 5) is 27.7. The summed E-state index contributed by atoms with van der Waals surface area (Å²) >= 11 is 0. The number of ether oxygens (including phenoxy) is 2. The molecule has 7 nitrogen and oxygen atoms in total. The molecule has 174 valence electrons. The largest absolute Gasteiger partial charge is 0.448 e. The van der Waals surface area contributed by atoms with Crippen molar-refractivity contribution in [2.45, 2.75) is 20.0 Å². The lowest BCUT2D eigenvalue weighted by molar-refractivity contribution is -0.123. The third kappa shape index (κ3) is 4.22. The molecule has 1 saturated heterocycles. The lowest BCUT2D eigenvalue weighted by Crippen LogP contribution is -2.36. The Kier molecular flexibility index (Phi) is 5.94. The summed E-state index contributed by atoms with van der Waals surface area (Å²) in [6, 6.07) is 19.4. The summed E-state index contributed by atoms with van der Waals surface area (Å²) in [7, 11) is 0. The van der Waals surface area contributed by atoms with Gasteiger partial charge in [0.05, 0.1) is 13.2 Å². The molecule has 7 heteroatoms. The van der Waals surface area contributed by atoms with Crippen molar-refractivity contribution in [1.82, 2.24) is 0 Å². The summed E-state index contributed by atoms with van der Waals surface area (Å²) in [5, 5.41) is 5.60. The summed E-state index contributed by atoms with van der Waals surface area (Å²) in [6.07, 6.45) is -0.990. The van der Waals surface area contributed by atoms with E-state index in [0.717, 1.165) is 34.9 Å². The molecule has 0 saturated carbocycles. The SMILES string of the molecule is Cc1c(C(=O)O[C@@H](C)C(=O)Nc2ccc(N3CCOCC3)cc2)oc2c1ccc1ccccc12. The van der Waals surface area contributed by atoms with Crippen LogP contribution in [-0.4, -0.2) is 44.3 Å². The molecule has 34 heavy (non-hydrogen) atoms. The monoisotopic (exact) mass is 458 g/mol. The number of rotatable bonds is 5. The van der Waals surface area contributed by atoms with Gasteiger partial charge in [-0.1, -0.05) is 36.4 Å². The maximum atomic E-state index is 12.8. The first-order valence-electron chi connectivity index (χ1n) is 11.4. The quantitative estimate of drug-likeness (QED) is 0.428. The number of morpholine rings is 1. The van der Waals surface area contributed by atoms with Gasteiger partial charge < -0.3 is 24.1 Å². The Morgan fingerprint density at radius 1 is 0.971 bits per heavy atom. The summed E-state index contributed by atoms with van der Waals surface area (Å²) in [6.45, 7) is 6.47. The van der Waals surface area contributed by atoms with Gasteiger partial charge in [0.25, 0.3) is 5.91 Å². The minimum atomic E-state index is -0.990. The van der Waals surface area contributed by atoms with Gasteiger partial charge in [0.15, 0.2) is 6.10 Å². The third-order valence-corrected chi connectivity index (χ3v) is 6.18. The molecule has 0 radical (unpaired) electrons. The second-order valence-corrected chi connectivity index (χ2v) is 8.40. The van der Waals surface area contributed by atoms with Crippen molar-refractivity contribution < 1.29 is 23.5 Å². The zero-order valence-electron chi connectivity index (χ0n) is 19.2. The third-order valence-electron chi connectivity index (χ3n) is 6.18. The topological polar surface area (TPSA) is 81.0 Å². The Hall–Kier alpha value is -3.84. The van der Waals surface area contributed by atoms with Crippen LogP contribution in [0.2, 0.25) is 0 Å². The van der Waals surface area contributed by atoms with Crippen LogP contribution in [0.3, 0.4) is 0 Å². The highest BCUT2D eigenvalue weighted by Gasteiger charge is 2.25. The van der Waals surface area contributed by atoms with E-state index in [1.807, 2.05) is 67.6 Å². The van der Waals surface area contributed by atoms with Crippen molar-refractivity contribution in [1.29, 1.82) is 0 Å². The number of carbonyl (C=O) groups is 2. The van der Waals surface area contributed by atoms with E-state index in [0.29, 0.717) is 30.0 Å². The fourth-order valence-corrected chi connectivity index (χ4v) is 4.23. The van der Waals surface area contributed by atoms with E-state index < -0.39 is 18.0 Å². The average molecular weight is 459 g/mol. The maximum Gasteiger partial charge on any atom is 0.375 e. The minimum absolute atomic E-state index is 0.112. The van der Waals surface area contributed by atoms with Crippen molar-refractivity contribution >= 4 is 45.0 Å². The molecule has 4 aromatic rings. The molecule has 1 aromatic heterocycles. The van der Waals surface area contributed by atoms with Crippen molar-refractivity contribution in [3.63, 3.8) is 0 Å². The highest BCUT2D eigenvalue weighted by molar-refractivity contribution is 6.08. The number of hydrogen-bond donors (Lipinski definition) is 1. The van der Waals surface area contributed by atoms with Gasteiger partial charge in [-0.15, -0.1) is 0 Å². The molecule has 2 heterocycles. The fourth-order valence-electron chi connectivity index (χ4n) is 4.23. The number of furan rings is 1. The second kappa shape index (κ2) is 9.19. The van der Waals surface area contributed by atoms with Gasteiger partial charge in [0, 0.05) is 40.8 Å². The molecule has 0 aliphatic carbocycles. The van der Waals surface area contributed by atoms with E-state index >= 15 is 0 Å². The zero-order chi connectivity index (χ0) is 23.7. The van der Waals surface area contributed by atoms with Crippen LogP contribution in [-0.2, 0) is 14.3 Å². The van der Waals surface area contributed by atoms with Crippen LogP contribution in [0, 0.1) is 6.92 Å². The fraction of sp³-hybridized carbons (Fsp3) is 0.259. The Balaban J connectivity index is 1.26. The molecule has 1 N–H and O–H groups in total. The number of amides is 1. The van der Waals surface area contributed by atoms with E-state index in [1.165, 1.54) is 0 Å². The Bertz CT molecular complexity index is 1350. The molecule has 1 amide bonds. The number of aryl methyl sites for hydroxylation is 1. The molecule has 0 spiro atoms. The van der Waals surface area contributed by atoms with Gasteiger partial charge in [0.1, 0.15) is 5.58 Å². The lowest BCUT2D eigenvalue weighted by atomic mass is 10.1. The highest BCUT2D eigenvalue weighted by atomic mass is 16.6. The molecule has 0 bridgehead atoms. The van der Waals surface area contributed by atoms with Crippen LogP contribution in [0.5, 0.6) is 0 Å². The van der Waals surface area contributed by atoms with Crippen LogP contribution in [0.1, 0.15) is 23.0 Å². The molecule has 3 aromatic carbocycles. The molecule has 5 rings (SSSR count). The first-order valence-corrected chi connectivity index (χ1v) is 11.4. The van der Waals surface area contributed by atoms with Crippen molar-refractivity contribution in [2.75, 3.05) is 36.5 Å². The number of benzene rings is 3. The van der Waals surface area contributed by atoms with E-state index in [1.54, 1.807) is 6.92 Å². The molecule has 1 aliphatic heterocycles. The van der Waals surface area contributed by atoms with Crippen LogP contribution in [0.15, 0.2) is 65.1 Å². The van der Waals surface area contributed by atoms with Gasteiger partial charge in [-0.05, 0) is 43.5 Å². The molecule has 0 unspecified atom stereocenters. The number of anilines is 2. The number of hydrogen-bond acceptors (Lipinski definition) is 6. The number of nitrogens with one attached hydrogen (secondary N) is 1. The molecular formula is C27H26N2O5. The molecule has 1 aliphatic rings. The Morgan fingerprint density at radius 2 is 1.71 bits per heavy atom. The van der Waals surface area contributed by atoms with E-state index in [4.69, 9.17) is 13.9 Å². The van der Waals surface area contributed by atoms with E-state index in [9.17, 15) is 9.59 Å². The smallest absolute Gasteiger partial charge is 0.375 e. The Labute approximate surface area is 197 Å². The van der Waals surface area contributed by atoms with Crippen molar-refractivity contribution in [2.24, 2.45) is 0 Å². The normalized spacial score (nSPS) is 14.8. The molecule has 1 atom stereocenters. The molecule has 1 fully saturated rings. The number of carbonyl (C=O) groups excluding carboxylic acids is 2. The lowest BCUT2D eigenvalue weighted by Gasteiger charge is -2.28. The van der Waals surface area contributed by atoms with Gasteiger partial charge in [-0.3, -0.25) is 4.79 Å². The summed E-state index contributed by atoms with van der Waals surface area (Å²) < 4.78 is 16.8.